The number of hydrogen-bond donors (Lipinski definition) is 0. The highest BCUT2D eigenvalue weighted by Gasteiger charge is 2.39. The fourth-order valence-electron chi connectivity index (χ4n) is 3.22. The summed E-state index contributed by atoms with van der Waals surface area (Å²) in [5.74, 6) is -0.0767. The predicted octanol–water partition coefficient (Wildman–Crippen LogP) is 0.101. The molecule has 2 fully saturated rings. The van der Waals surface area contributed by atoms with Crippen molar-refractivity contribution in [3.63, 3.8) is 0 Å². The summed E-state index contributed by atoms with van der Waals surface area (Å²) < 4.78 is 0. The van der Waals surface area contributed by atoms with Crippen molar-refractivity contribution in [3.8, 4) is 0 Å². The van der Waals surface area contributed by atoms with Crippen LogP contribution < -0.4 is 0 Å². The summed E-state index contributed by atoms with van der Waals surface area (Å²) >= 11 is 0. The van der Waals surface area contributed by atoms with E-state index in [1.807, 2.05) is 11.9 Å². The topological polar surface area (TPSA) is 69.6 Å². The van der Waals surface area contributed by atoms with Gasteiger partial charge in [-0.3, -0.25) is 14.6 Å². The molecule has 0 saturated carbocycles. The molecule has 3 heterocycles. The molecule has 0 unspecified atom stereocenters. The lowest BCUT2D eigenvalue weighted by atomic mass is 9.95. The molecule has 2 aliphatic rings. The number of nitrogens with zero attached hydrogens (tertiary/aromatic N) is 5. The van der Waals surface area contributed by atoms with E-state index in [1.54, 1.807) is 4.90 Å². The van der Waals surface area contributed by atoms with E-state index in [0.29, 0.717) is 24.8 Å². The number of amides is 2. The van der Waals surface area contributed by atoms with Gasteiger partial charge in [0.25, 0.3) is 5.91 Å². The normalized spacial score (nSPS) is 20.2. The van der Waals surface area contributed by atoms with Gasteiger partial charge < -0.3 is 14.7 Å². The number of aromatic nitrogens is 2. The largest absolute Gasteiger partial charge is 0.342 e. The van der Waals surface area contributed by atoms with Crippen molar-refractivity contribution in [2.75, 3.05) is 40.3 Å². The van der Waals surface area contributed by atoms with Gasteiger partial charge in [-0.15, -0.1) is 0 Å². The minimum atomic E-state index is -0.149. The molecular weight excluding hydrogens is 294 g/mol. The van der Waals surface area contributed by atoms with Crippen molar-refractivity contribution in [2.24, 2.45) is 5.92 Å². The summed E-state index contributed by atoms with van der Waals surface area (Å²) in [5.41, 5.74) is 0.335. The smallest absolute Gasteiger partial charge is 0.274 e. The van der Waals surface area contributed by atoms with Gasteiger partial charge in [-0.05, 0) is 33.0 Å². The Hall–Kier alpha value is -2.02. The third kappa shape index (κ3) is 3.34. The maximum absolute atomic E-state index is 12.6. The first-order valence-electron chi connectivity index (χ1n) is 8.06. The van der Waals surface area contributed by atoms with Crippen LogP contribution in [0.4, 0.5) is 0 Å². The van der Waals surface area contributed by atoms with Gasteiger partial charge in [-0.25, -0.2) is 4.98 Å². The van der Waals surface area contributed by atoms with Crippen LogP contribution in [0.3, 0.4) is 0 Å². The summed E-state index contributed by atoms with van der Waals surface area (Å²) in [6, 6.07) is 0.323. The van der Waals surface area contributed by atoms with Gasteiger partial charge in [-0.1, -0.05) is 0 Å². The Kier molecular flexibility index (Phi) is 4.56. The zero-order chi connectivity index (χ0) is 16.4. The second kappa shape index (κ2) is 6.62. The van der Waals surface area contributed by atoms with E-state index in [2.05, 4.69) is 21.9 Å². The molecule has 0 N–H and O–H groups in total. The minimum absolute atomic E-state index is 0.0831. The molecule has 0 aliphatic carbocycles. The van der Waals surface area contributed by atoms with Crippen LogP contribution >= 0.6 is 0 Å². The minimum Gasteiger partial charge on any atom is -0.342 e. The van der Waals surface area contributed by atoms with E-state index in [4.69, 9.17) is 0 Å². The Morgan fingerprint density at radius 1 is 1.22 bits per heavy atom. The summed E-state index contributed by atoms with van der Waals surface area (Å²) in [6.45, 7) is 3.02. The van der Waals surface area contributed by atoms with Crippen molar-refractivity contribution in [3.05, 3.63) is 24.3 Å². The molecule has 7 nitrogen and oxygen atoms in total. The second-order valence-corrected chi connectivity index (χ2v) is 6.48. The second-order valence-electron chi connectivity index (χ2n) is 6.48. The number of carbonyl (C=O) groups excluding carboxylic acids is 2. The van der Waals surface area contributed by atoms with Gasteiger partial charge in [-0.2, -0.15) is 0 Å². The van der Waals surface area contributed by atoms with Gasteiger partial charge in [0.05, 0.1) is 12.1 Å². The molecule has 2 aliphatic heterocycles. The average molecular weight is 317 g/mol. The first kappa shape index (κ1) is 15.9. The molecule has 0 spiro atoms. The van der Waals surface area contributed by atoms with E-state index in [0.717, 1.165) is 25.9 Å². The fraction of sp³-hybridized carbons (Fsp3) is 0.625. The van der Waals surface area contributed by atoms with E-state index >= 15 is 0 Å². The van der Waals surface area contributed by atoms with Gasteiger partial charge in [0.1, 0.15) is 5.69 Å². The van der Waals surface area contributed by atoms with E-state index in [9.17, 15) is 9.59 Å². The lowest BCUT2D eigenvalue weighted by Gasteiger charge is -2.42. The molecule has 7 heteroatoms. The van der Waals surface area contributed by atoms with Gasteiger partial charge in [0, 0.05) is 38.6 Å². The lowest BCUT2D eigenvalue weighted by molar-refractivity contribution is -0.141. The highest BCUT2D eigenvalue weighted by Crippen LogP contribution is 2.23. The molecule has 124 valence electrons. The van der Waals surface area contributed by atoms with Crippen LogP contribution in [-0.4, -0.2) is 82.8 Å². The molecule has 2 saturated heterocycles. The monoisotopic (exact) mass is 317 g/mol. The van der Waals surface area contributed by atoms with Crippen LogP contribution in [0.25, 0.3) is 0 Å². The van der Waals surface area contributed by atoms with Crippen LogP contribution in [0, 0.1) is 5.92 Å². The summed E-state index contributed by atoms with van der Waals surface area (Å²) in [7, 11) is 4.01. The highest BCUT2D eigenvalue weighted by molar-refractivity contribution is 5.94. The molecular formula is C16H23N5O2. The molecule has 3 rings (SSSR count). The van der Waals surface area contributed by atoms with Gasteiger partial charge in [0.15, 0.2) is 0 Å². The Balaban J connectivity index is 1.50. The zero-order valence-electron chi connectivity index (χ0n) is 13.7. The third-order valence-corrected chi connectivity index (χ3v) is 4.88. The quantitative estimate of drug-likeness (QED) is 0.791. The number of likely N-dealkylation sites (tertiary alicyclic amines) is 2. The van der Waals surface area contributed by atoms with Crippen molar-refractivity contribution in [1.82, 2.24) is 24.7 Å². The Labute approximate surface area is 136 Å². The first-order valence-corrected chi connectivity index (χ1v) is 8.06. The van der Waals surface area contributed by atoms with Crippen molar-refractivity contribution in [1.29, 1.82) is 0 Å². The van der Waals surface area contributed by atoms with E-state index in [-0.39, 0.29) is 17.7 Å². The van der Waals surface area contributed by atoms with Crippen molar-refractivity contribution >= 4 is 11.8 Å². The molecule has 0 radical (unpaired) electrons. The molecule has 0 atom stereocenters. The fourth-order valence-corrected chi connectivity index (χ4v) is 3.22. The van der Waals surface area contributed by atoms with E-state index in [1.165, 1.54) is 18.6 Å². The average Bonchev–Trinajstić information content (AvgIpc) is 2.54. The maximum Gasteiger partial charge on any atom is 0.274 e. The zero-order valence-corrected chi connectivity index (χ0v) is 13.7. The standard InChI is InChI=1S/C16H23N5O2/c1-19-7-3-13(4-8-19)20(2)15(22)12-10-21(11-12)16(23)14-9-17-5-6-18-14/h5-6,9,12-13H,3-4,7-8,10-11H2,1-2H3. The number of carbonyl (C=O) groups is 2. The molecule has 2 amide bonds. The summed E-state index contributed by atoms with van der Waals surface area (Å²) in [5, 5.41) is 0. The predicted molar refractivity (Wildman–Crippen MR) is 84.7 cm³/mol. The van der Waals surface area contributed by atoms with Crippen LogP contribution in [0.5, 0.6) is 0 Å². The van der Waals surface area contributed by atoms with Crippen molar-refractivity contribution in [2.45, 2.75) is 18.9 Å². The Morgan fingerprint density at radius 3 is 2.52 bits per heavy atom. The molecule has 1 aromatic heterocycles. The third-order valence-electron chi connectivity index (χ3n) is 4.88. The van der Waals surface area contributed by atoms with Crippen molar-refractivity contribution < 1.29 is 9.59 Å². The van der Waals surface area contributed by atoms with E-state index < -0.39 is 0 Å². The number of rotatable bonds is 3. The number of hydrogen-bond acceptors (Lipinski definition) is 5. The molecule has 0 aromatic carbocycles. The van der Waals surface area contributed by atoms with Crippen LogP contribution in [-0.2, 0) is 4.79 Å². The Morgan fingerprint density at radius 2 is 1.91 bits per heavy atom. The number of piperidine rings is 1. The highest BCUT2D eigenvalue weighted by atomic mass is 16.2. The summed E-state index contributed by atoms with van der Waals surface area (Å²) in [6.07, 6.45) is 6.54. The molecule has 0 bridgehead atoms. The Bertz CT molecular complexity index is 565. The van der Waals surface area contributed by atoms with Gasteiger partial charge in [0.2, 0.25) is 5.91 Å². The maximum atomic E-state index is 12.6. The SMILES string of the molecule is CN1CCC(N(C)C(=O)C2CN(C(=O)c3cnccn3)C2)CC1. The van der Waals surface area contributed by atoms with Crippen LogP contribution in [0.2, 0.25) is 0 Å². The molecule has 23 heavy (non-hydrogen) atoms. The van der Waals surface area contributed by atoms with Crippen LogP contribution in [0.1, 0.15) is 23.3 Å². The first-order chi connectivity index (χ1) is 11.1. The lowest BCUT2D eigenvalue weighted by Crippen LogP contribution is -2.58. The van der Waals surface area contributed by atoms with Crippen LogP contribution in [0.15, 0.2) is 18.6 Å². The molecule has 1 aromatic rings. The van der Waals surface area contributed by atoms with Gasteiger partial charge >= 0.3 is 0 Å². The summed E-state index contributed by atoms with van der Waals surface area (Å²) in [4.78, 5) is 38.5.